The van der Waals surface area contributed by atoms with Crippen LogP contribution < -0.4 is 4.74 Å². The Morgan fingerprint density at radius 1 is 1.17 bits per heavy atom. The third kappa shape index (κ3) is 2.76. The number of ether oxygens (including phenoxy) is 1. The van der Waals surface area contributed by atoms with E-state index >= 15 is 0 Å². The molecular formula is C14H10BrFO2. The summed E-state index contributed by atoms with van der Waals surface area (Å²) in [4.78, 5) is 10.9. The number of benzene rings is 2. The van der Waals surface area contributed by atoms with Crippen molar-refractivity contribution in [2.24, 2.45) is 0 Å². The fourth-order valence-electron chi connectivity index (χ4n) is 1.55. The van der Waals surface area contributed by atoms with Crippen LogP contribution in [0.1, 0.15) is 15.9 Å². The zero-order valence-electron chi connectivity index (χ0n) is 9.61. The van der Waals surface area contributed by atoms with E-state index in [0.29, 0.717) is 17.8 Å². The summed E-state index contributed by atoms with van der Waals surface area (Å²) in [7, 11) is 0. The Kier molecular flexibility index (Phi) is 3.77. The predicted molar refractivity (Wildman–Crippen MR) is 70.7 cm³/mol. The van der Waals surface area contributed by atoms with Crippen LogP contribution in [0, 0.1) is 12.7 Å². The predicted octanol–water partition coefficient (Wildman–Crippen LogP) is 4.50. The standard InChI is InChI=1S/C14H10BrFO2/c1-9-6-11(15)2-4-13(9)18-14-5-3-12(16)7-10(14)8-17/h2-8H,1H3. The van der Waals surface area contributed by atoms with Gasteiger partial charge in [0.15, 0.2) is 6.29 Å². The van der Waals surface area contributed by atoms with Crippen molar-refractivity contribution < 1.29 is 13.9 Å². The van der Waals surface area contributed by atoms with Crippen LogP contribution in [0.2, 0.25) is 0 Å². The highest BCUT2D eigenvalue weighted by Gasteiger charge is 2.07. The van der Waals surface area contributed by atoms with Crippen molar-refractivity contribution in [2.75, 3.05) is 0 Å². The summed E-state index contributed by atoms with van der Waals surface area (Å²) in [6, 6.07) is 9.39. The van der Waals surface area contributed by atoms with E-state index in [2.05, 4.69) is 15.9 Å². The minimum absolute atomic E-state index is 0.192. The van der Waals surface area contributed by atoms with E-state index in [1.54, 1.807) is 6.07 Å². The van der Waals surface area contributed by atoms with Gasteiger partial charge in [-0.05, 0) is 48.9 Å². The summed E-state index contributed by atoms with van der Waals surface area (Å²) in [6.07, 6.45) is 0.576. The molecule has 0 heterocycles. The summed E-state index contributed by atoms with van der Waals surface area (Å²) in [6.45, 7) is 1.89. The van der Waals surface area contributed by atoms with Crippen molar-refractivity contribution in [3.8, 4) is 11.5 Å². The molecule has 0 saturated carbocycles. The molecule has 0 aliphatic carbocycles. The van der Waals surface area contributed by atoms with Gasteiger partial charge in [0.2, 0.25) is 0 Å². The number of aldehydes is 1. The molecule has 0 aliphatic heterocycles. The van der Waals surface area contributed by atoms with E-state index in [-0.39, 0.29) is 5.56 Å². The maximum absolute atomic E-state index is 13.0. The molecule has 2 aromatic rings. The lowest BCUT2D eigenvalue weighted by Gasteiger charge is -2.10. The lowest BCUT2D eigenvalue weighted by Crippen LogP contribution is -1.93. The van der Waals surface area contributed by atoms with Gasteiger partial charge in [-0.1, -0.05) is 15.9 Å². The molecule has 2 rings (SSSR count). The molecule has 0 fully saturated rings. The highest BCUT2D eigenvalue weighted by molar-refractivity contribution is 9.10. The fourth-order valence-corrected chi connectivity index (χ4v) is 2.03. The first kappa shape index (κ1) is 12.8. The SMILES string of the molecule is Cc1cc(Br)ccc1Oc1ccc(F)cc1C=O. The average molecular weight is 309 g/mol. The molecule has 18 heavy (non-hydrogen) atoms. The van der Waals surface area contributed by atoms with Gasteiger partial charge in [0, 0.05) is 4.47 Å². The van der Waals surface area contributed by atoms with Gasteiger partial charge >= 0.3 is 0 Å². The van der Waals surface area contributed by atoms with E-state index in [1.807, 2.05) is 19.1 Å². The number of carbonyl (C=O) groups is 1. The molecule has 0 aromatic heterocycles. The van der Waals surface area contributed by atoms with E-state index in [0.717, 1.165) is 16.1 Å². The van der Waals surface area contributed by atoms with Crippen LogP contribution in [0.25, 0.3) is 0 Å². The number of halogens is 2. The molecule has 0 amide bonds. The maximum Gasteiger partial charge on any atom is 0.153 e. The minimum atomic E-state index is -0.461. The molecule has 0 saturated heterocycles. The molecule has 0 unspecified atom stereocenters. The summed E-state index contributed by atoms with van der Waals surface area (Å²) in [5.74, 6) is 0.515. The van der Waals surface area contributed by atoms with Gasteiger partial charge in [0.1, 0.15) is 17.3 Å². The van der Waals surface area contributed by atoms with E-state index in [4.69, 9.17) is 4.74 Å². The minimum Gasteiger partial charge on any atom is -0.456 e. The van der Waals surface area contributed by atoms with E-state index < -0.39 is 5.82 Å². The van der Waals surface area contributed by atoms with Gasteiger partial charge in [-0.25, -0.2) is 4.39 Å². The number of aryl methyl sites for hydroxylation is 1. The molecule has 2 nitrogen and oxygen atoms in total. The van der Waals surface area contributed by atoms with Crippen molar-refractivity contribution in [3.05, 3.63) is 57.8 Å². The molecule has 92 valence electrons. The largest absolute Gasteiger partial charge is 0.456 e. The van der Waals surface area contributed by atoms with Gasteiger partial charge in [0.05, 0.1) is 5.56 Å². The van der Waals surface area contributed by atoms with Crippen molar-refractivity contribution in [3.63, 3.8) is 0 Å². The van der Waals surface area contributed by atoms with Crippen molar-refractivity contribution in [1.82, 2.24) is 0 Å². The first-order valence-electron chi connectivity index (χ1n) is 5.29. The van der Waals surface area contributed by atoms with Crippen LogP contribution in [0.5, 0.6) is 11.5 Å². The smallest absolute Gasteiger partial charge is 0.153 e. The number of hydrogen-bond donors (Lipinski definition) is 0. The third-order valence-corrected chi connectivity index (χ3v) is 2.95. The van der Waals surface area contributed by atoms with Gasteiger partial charge in [-0.3, -0.25) is 4.79 Å². The van der Waals surface area contributed by atoms with Crippen molar-refractivity contribution in [1.29, 1.82) is 0 Å². The van der Waals surface area contributed by atoms with Crippen molar-refractivity contribution >= 4 is 22.2 Å². The van der Waals surface area contributed by atoms with Crippen LogP contribution in [0.4, 0.5) is 4.39 Å². The molecule has 0 atom stereocenters. The molecular weight excluding hydrogens is 299 g/mol. The first-order valence-corrected chi connectivity index (χ1v) is 6.08. The summed E-state index contributed by atoms with van der Waals surface area (Å²) < 4.78 is 19.6. The number of hydrogen-bond acceptors (Lipinski definition) is 2. The monoisotopic (exact) mass is 308 g/mol. The molecule has 0 spiro atoms. The Bertz CT molecular complexity index is 596. The van der Waals surface area contributed by atoms with Gasteiger partial charge < -0.3 is 4.74 Å². The Morgan fingerprint density at radius 3 is 2.56 bits per heavy atom. The summed E-state index contributed by atoms with van der Waals surface area (Å²) >= 11 is 3.36. The normalized spacial score (nSPS) is 10.2. The van der Waals surface area contributed by atoms with Crippen LogP contribution in [0.15, 0.2) is 40.9 Å². The number of carbonyl (C=O) groups excluding carboxylic acids is 1. The second kappa shape index (κ2) is 5.31. The number of rotatable bonds is 3. The first-order chi connectivity index (χ1) is 8.60. The summed E-state index contributed by atoms with van der Waals surface area (Å²) in [5, 5.41) is 0. The molecule has 4 heteroatoms. The molecule has 0 bridgehead atoms. The Balaban J connectivity index is 2.36. The zero-order chi connectivity index (χ0) is 13.1. The van der Waals surface area contributed by atoms with E-state index in [1.165, 1.54) is 12.1 Å². The second-order valence-corrected chi connectivity index (χ2v) is 4.73. The van der Waals surface area contributed by atoms with Gasteiger partial charge in [0.25, 0.3) is 0 Å². The lowest BCUT2D eigenvalue weighted by molar-refractivity contribution is 0.112. The Labute approximate surface area is 113 Å². The second-order valence-electron chi connectivity index (χ2n) is 3.81. The topological polar surface area (TPSA) is 26.3 Å². The molecule has 0 aliphatic rings. The highest BCUT2D eigenvalue weighted by Crippen LogP contribution is 2.29. The third-order valence-electron chi connectivity index (χ3n) is 2.46. The quantitative estimate of drug-likeness (QED) is 0.780. The van der Waals surface area contributed by atoms with Crippen LogP contribution in [0.3, 0.4) is 0 Å². The van der Waals surface area contributed by atoms with Gasteiger partial charge in [-0.15, -0.1) is 0 Å². The van der Waals surface area contributed by atoms with Crippen molar-refractivity contribution in [2.45, 2.75) is 6.92 Å². The fraction of sp³-hybridized carbons (Fsp3) is 0.0714. The van der Waals surface area contributed by atoms with Gasteiger partial charge in [-0.2, -0.15) is 0 Å². The van der Waals surface area contributed by atoms with Crippen LogP contribution in [-0.2, 0) is 0 Å². The van der Waals surface area contributed by atoms with Crippen LogP contribution in [-0.4, -0.2) is 6.29 Å². The molecule has 0 radical (unpaired) electrons. The average Bonchev–Trinajstić information content (AvgIpc) is 2.34. The zero-order valence-corrected chi connectivity index (χ0v) is 11.2. The highest BCUT2D eigenvalue weighted by atomic mass is 79.9. The van der Waals surface area contributed by atoms with E-state index in [9.17, 15) is 9.18 Å². The lowest BCUT2D eigenvalue weighted by atomic mass is 10.2. The maximum atomic E-state index is 13.0. The Hall–Kier alpha value is -1.68. The molecule has 2 aromatic carbocycles. The van der Waals surface area contributed by atoms with Crippen LogP contribution >= 0.6 is 15.9 Å². The molecule has 0 N–H and O–H groups in total. The Morgan fingerprint density at radius 2 is 1.89 bits per heavy atom. The summed E-state index contributed by atoms with van der Waals surface area (Å²) in [5.41, 5.74) is 1.11.